The molecule has 1 aromatic heterocycles. The van der Waals surface area contributed by atoms with Gasteiger partial charge in [0, 0.05) is 11.6 Å². The Hall–Kier alpha value is -1.26. The summed E-state index contributed by atoms with van der Waals surface area (Å²) in [6.07, 6.45) is 1.45. The van der Waals surface area contributed by atoms with Gasteiger partial charge in [-0.2, -0.15) is 0 Å². The van der Waals surface area contributed by atoms with Crippen molar-refractivity contribution in [3.8, 4) is 0 Å². The van der Waals surface area contributed by atoms with Crippen LogP contribution in [0.5, 0.6) is 0 Å². The van der Waals surface area contributed by atoms with Crippen LogP contribution in [0.3, 0.4) is 0 Å². The number of furan rings is 1. The fourth-order valence-electron chi connectivity index (χ4n) is 1.39. The van der Waals surface area contributed by atoms with Crippen molar-refractivity contribution in [2.24, 2.45) is 0 Å². The molecule has 0 saturated heterocycles. The van der Waals surface area contributed by atoms with Crippen molar-refractivity contribution in [2.75, 3.05) is 5.32 Å². The largest absolute Gasteiger partial charge is 0.457 e. The Morgan fingerprint density at radius 2 is 2.24 bits per heavy atom. The molecule has 1 heterocycles. The zero-order valence-corrected chi connectivity index (χ0v) is 11.1. The topological polar surface area (TPSA) is 42.2 Å². The fourth-order valence-corrected chi connectivity index (χ4v) is 1.97. The highest BCUT2D eigenvalue weighted by molar-refractivity contribution is 9.10. The van der Waals surface area contributed by atoms with Gasteiger partial charge in [0.2, 0.25) is 0 Å². The van der Waals surface area contributed by atoms with E-state index in [1.807, 2.05) is 24.3 Å². The molecule has 5 heteroatoms. The number of halogens is 2. The van der Waals surface area contributed by atoms with E-state index in [4.69, 9.17) is 16.0 Å². The second-order valence-corrected chi connectivity index (χ2v) is 4.38. The van der Waals surface area contributed by atoms with Crippen LogP contribution >= 0.6 is 27.5 Å². The van der Waals surface area contributed by atoms with E-state index in [9.17, 15) is 4.79 Å². The molecule has 0 aliphatic carbocycles. The number of hydrogen-bond acceptors (Lipinski definition) is 2. The van der Waals surface area contributed by atoms with Crippen molar-refractivity contribution >= 4 is 39.1 Å². The molecule has 0 atom stereocenters. The Morgan fingerprint density at radius 3 is 2.88 bits per heavy atom. The van der Waals surface area contributed by atoms with Gasteiger partial charge in [0.1, 0.15) is 0 Å². The normalized spacial score (nSPS) is 10.2. The van der Waals surface area contributed by atoms with Gasteiger partial charge >= 0.3 is 0 Å². The molecule has 0 unspecified atom stereocenters. The van der Waals surface area contributed by atoms with Crippen LogP contribution in [0.4, 0.5) is 5.69 Å². The standard InChI is InChI=1S/C12H9BrClNO2/c13-11-10(4-5-17-11)12(16)15-9-3-1-2-8(6-9)7-14/h1-6H,7H2,(H,15,16). The number of nitrogens with one attached hydrogen (secondary N) is 1. The number of benzene rings is 1. The maximum absolute atomic E-state index is 11.9. The first kappa shape index (κ1) is 12.2. The van der Waals surface area contributed by atoms with Gasteiger partial charge in [-0.05, 0) is 39.7 Å². The number of amides is 1. The fraction of sp³-hybridized carbons (Fsp3) is 0.0833. The first-order valence-electron chi connectivity index (χ1n) is 4.90. The Labute approximate surface area is 112 Å². The zero-order valence-electron chi connectivity index (χ0n) is 8.74. The summed E-state index contributed by atoms with van der Waals surface area (Å²) in [6.45, 7) is 0. The van der Waals surface area contributed by atoms with E-state index in [1.165, 1.54) is 6.26 Å². The Bertz CT molecular complexity index is 539. The van der Waals surface area contributed by atoms with Crippen LogP contribution < -0.4 is 5.32 Å². The van der Waals surface area contributed by atoms with Crippen molar-refractivity contribution < 1.29 is 9.21 Å². The predicted octanol–water partition coefficient (Wildman–Crippen LogP) is 4.03. The maximum Gasteiger partial charge on any atom is 0.260 e. The second-order valence-electron chi connectivity index (χ2n) is 3.40. The Morgan fingerprint density at radius 1 is 1.41 bits per heavy atom. The quantitative estimate of drug-likeness (QED) is 0.869. The molecular weight excluding hydrogens is 305 g/mol. The summed E-state index contributed by atoms with van der Waals surface area (Å²) in [6, 6.07) is 8.99. The van der Waals surface area contributed by atoms with Gasteiger partial charge in [-0.1, -0.05) is 12.1 Å². The van der Waals surface area contributed by atoms with Crippen LogP contribution in [0.25, 0.3) is 0 Å². The summed E-state index contributed by atoms with van der Waals surface area (Å²) in [7, 11) is 0. The van der Waals surface area contributed by atoms with Gasteiger partial charge in [0.15, 0.2) is 4.67 Å². The zero-order chi connectivity index (χ0) is 12.3. The lowest BCUT2D eigenvalue weighted by atomic mass is 10.2. The third-order valence-corrected chi connectivity index (χ3v) is 3.12. The summed E-state index contributed by atoms with van der Waals surface area (Å²) < 4.78 is 5.42. The van der Waals surface area contributed by atoms with Crippen molar-refractivity contribution in [1.82, 2.24) is 0 Å². The first-order valence-corrected chi connectivity index (χ1v) is 6.22. The van der Waals surface area contributed by atoms with E-state index < -0.39 is 0 Å². The number of anilines is 1. The highest BCUT2D eigenvalue weighted by Crippen LogP contribution is 2.19. The molecule has 1 amide bonds. The molecule has 17 heavy (non-hydrogen) atoms. The van der Waals surface area contributed by atoms with E-state index in [-0.39, 0.29) is 5.91 Å². The average Bonchev–Trinajstić information content (AvgIpc) is 2.76. The summed E-state index contributed by atoms with van der Waals surface area (Å²) in [5.74, 6) is 0.191. The number of alkyl halides is 1. The van der Waals surface area contributed by atoms with Crippen LogP contribution in [0.15, 0.2) is 45.7 Å². The minimum atomic E-state index is -0.225. The molecule has 0 fully saturated rings. The van der Waals surface area contributed by atoms with Crippen LogP contribution in [0, 0.1) is 0 Å². The van der Waals surface area contributed by atoms with Crippen LogP contribution in [0.2, 0.25) is 0 Å². The number of carbonyl (C=O) groups is 1. The van der Waals surface area contributed by atoms with Crippen molar-refractivity contribution in [2.45, 2.75) is 5.88 Å². The molecule has 1 N–H and O–H groups in total. The Kier molecular flexibility index (Phi) is 3.86. The van der Waals surface area contributed by atoms with E-state index >= 15 is 0 Å². The van der Waals surface area contributed by atoms with Gasteiger partial charge in [0.05, 0.1) is 11.8 Å². The third kappa shape index (κ3) is 2.90. The minimum absolute atomic E-state index is 0.225. The van der Waals surface area contributed by atoms with Gasteiger partial charge in [0.25, 0.3) is 5.91 Å². The highest BCUT2D eigenvalue weighted by Gasteiger charge is 2.12. The van der Waals surface area contributed by atoms with Gasteiger partial charge in [-0.15, -0.1) is 11.6 Å². The minimum Gasteiger partial charge on any atom is -0.457 e. The molecule has 1 aromatic carbocycles. The monoisotopic (exact) mass is 313 g/mol. The van der Waals surface area contributed by atoms with Crippen molar-refractivity contribution in [3.63, 3.8) is 0 Å². The molecular formula is C12H9BrClNO2. The molecule has 0 aliphatic rings. The molecule has 0 radical (unpaired) electrons. The Balaban J connectivity index is 2.16. The lowest BCUT2D eigenvalue weighted by Crippen LogP contribution is -2.11. The number of rotatable bonds is 3. The van der Waals surface area contributed by atoms with E-state index in [0.717, 1.165) is 5.56 Å². The molecule has 0 spiro atoms. The molecule has 2 aromatic rings. The first-order chi connectivity index (χ1) is 8.20. The smallest absolute Gasteiger partial charge is 0.260 e. The predicted molar refractivity (Wildman–Crippen MR) is 70.4 cm³/mol. The van der Waals surface area contributed by atoms with Crippen molar-refractivity contribution in [1.29, 1.82) is 0 Å². The summed E-state index contributed by atoms with van der Waals surface area (Å²) >= 11 is 8.88. The molecule has 0 saturated carbocycles. The van der Waals surface area contributed by atoms with Crippen molar-refractivity contribution in [3.05, 3.63) is 52.4 Å². The van der Waals surface area contributed by atoms with Crippen LogP contribution in [-0.4, -0.2) is 5.91 Å². The molecule has 88 valence electrons. The number of hydrogen-bond donors (Lipinski definition) is 1. The lowest BCUT2D eigenvalue weighted by Gasteiger charge is -2.05. The second kappa shape index (κ2) is 5.38. The summed E-state index contributed by atoms with van der Waals surface area (Å²) in [4.78, 5) is 11.9. The maximum atomic E-state index is 11.9. The molecule has 2 rings (SSSR count). The third-order valence-electron chi connectivity index (χ3n) is 2.20. The molecule has 0 bridgehead atoms. The average molecular weight is 315 g/mol. The number of carbonyl (C=O) groups excluding carboxylic acids is 1. The summed E-state index contributed by atoms with van der Waals surface area (Å²) in [5, 5.41) is 2.77. The van der Waals surface area contributed by atoms with Gasteiger partial charge < -0.3 is 9.73 Å². The molecule has 0 aliphatic heterocycles. The van der Waals surface area contributed by atoms with Gasteiger partial charge in [-0.3, -0.25) is 4.79 Å². The van der Waals surface area contributed by atoms with Crippen LogP contribution in [-0.2, 0) is 5.88 Å². The SMILES string of the molecule is O=C(Nc1cccc(CCl)c1)c1ccoc1Br. The summed E-state index contributed by atoms with van der Waals surface area (Å²) in [5.41, 5.74) is 2.12. The van der Waals surface area contributed by atoms with E-state index in [0.29, 0.717) is 21.8 Å². The van der Waals surface area contributed by atoms with Gasteiger partial charge in [-0.25, -0.2) is 0 Å². The molecule has 3 nitrogen and oxygen atoms in total. The van der Waals surface area contributed by atoms with E-state index in [1.54, 1.807) is 6.07 Å². The lowest BCUT2D eigenvalue weighted by molar-refractivity contribution is 0.102. The van der Waals surface area contributed by atoms with Crippen LogP contribution in [0.1, 0.15) is 15.9 Å². The van der Waals surface area contributed by atoms with E-state index in [2.05, 4.69) is 21.2 Å². The highest BCUT2D eigenvalue weighted by atomic mass is 79.9.